The summed E-state index contributed by atoms with van der Waals surface area (Å²) in [5.74, 6) is 2.51. The molecule has 3 heteroatoms. The molecule has 2 aliphatic carbocycles. The van der Waals surface area contributed by atoms with Gasteiger partial charge in [0.05, 0.1) is 5.41 Å². The first-order valence-electron chi connectivity index (χ1n) is 6.64. The van der Waals surface area contributed by atoms with Crippen LogP contribution in [0, 0.1) is 23.2 Å². The highest BCUT2D eigenvalue weighted by atomic mass is 16.2. The highest BCUT2D eigenvalue weighted by molar-refractivity contribution is 5.81. The Morgan fingerprint density at radius 2 is 2.12 bits per heavy atom. The standard InChI is InChI=1S/C14H24N2O/c1-14(2,13(17)15-3)9-16-8-12-7-10-4-5-11(12)6-10/h4-5,10-12,16H,6-9H2,1-3H3,(H,15,17). The number of carbonyl (C=O) groups is 1. The summed E-state index contributed by atoms with van der Waals surface area (Å²) in [6, 6.07) is 0. The van der Waals surface area contributed by atoms with Crippen LogP contribution in [0.25, 0.3) is 0 Å². The van der Waals surface area contributed by atoms with E-state index in [0.717, 1.165) is 30.8 Å². The molecule has 17 heavy (non-hydrogen) atoms. The van der Waals surface area contributed by atoms with E-state index >= 15 is 0 Å². The van der Waals surface area contributed by atoms with E-state index in [9.17, 15) is 4.79 Å². The summed E-state index contributed by atoms with van der Waals surface area (Å²) in [4.78, 5) is 11.6. The van der Waals surface area contributed by atoms with Gasteiger partial charge >= 0.3 is 0 Å². The molecule has 2 aliphatic rings. The van der Waals surface area contributed by atoms with Gasteiger partial charge in [0, 0.05) is 13.6 Å². The van der Waals surface area contributed by atoms with E-state index in [1.54, 1.807) is 7.05 Å². The fourth-order valence-corrected chi connectivity index (χ4v) is 3.12. The third-order valence-electron chi connectivity index (χ3n) is 4.23. The van der Waals surface area contributed by atoms with E-state index in [-0.39, 0.29) is 11.3 Å². The van der Waals surface area contributed by atoms with Gasteiger partial charge < -0.3 is 10.6 Å². The molecular formula is C14H24N2O. The van der Waals surface area contributed by atoms with Gasteiger partial charge in [0.2, 0.25) is 5.91 Å². The minimum Gasteiger partial charge on any atom is -0.359 e. The molecule has 0 heterocycles. The Balaban J connectivity index is 1.73. The number of hydrogen-bond acceptors (Lipinski definition) is 2. The van der Waals surface area contributed by atoms with Gasteiger partial charge in [-0.15, -0.1) is 0 Å². The molecule has 3 atom stereocenters. The van der Waals surface area contributed by atoms with Crippen LogP contribution in [-0.2, 0) is 4.79 Å². The van der Waals surface area contributed by atoms with Crippen molar-refractivity contribution in [3.63, 3.8) is 0 Å². The topological polar surface area (TPSA) is 41.1 Å². The fourth-order valence-electron chi connectivity index (χ4n) is 3.12. The summed E-state index contributed by atoms with van der Waals surface area (Å²) in [6.45, 7) is 5.77. The van der Waals surface area contributed by atoms with E-state index in [1.165, 1.54) is 12.8 Å². The highest BCUT2D eigenvalue weighted by Gasteiger charge is 2.35. The third kappa shape index (κ3) is 2.71. The summed E-state index contributed by atoms with van der Waals surface area (Å²) < 4.78 is 0. The molecule has 2 bridgehead atoms. The number of fused-ring (bicyclic) bond motifs is 2. The molecule has 3 nitrogen and oxygen atoms in total. The van der Waals surface area contributed by atoms with Gasteiger partial charge in [0.25, 0.3) is 0 Å². The summed E-state index contributed by atoms with van der Waals surface area (Å²) in [5.41, 5.74) is -0.317. The van der Waals surface area contributed by atoms with Crippen molar-refractivity contribution >= 4 is 5.91 Å². The molecule has 1 fully saturated rings. The van der Waals surface area contributed by atoms with Crippen molar-refractivity contribution in [1.29, 1.82) is 0 Å². The summed E-state index contributed by atoms with van der Waals surface area (Å²) in [7, 11) is 1.70. The van der Waals surface area contributed by atoms with Gasteiger partial charge in [0.15, 0.2) is 0 Å². The Morgan fingerprint density at radius 1 is 1.35 bits per heavy atom. The molecule has 0 spiro atoms. The largest absolute Gasteiger partial charge is 0.359 e. The lowest BCUT2D eigenvalue weighted by Crippen LogP contribution is -2.43. The fraction of sp³-hybridized carbons (Fsp3) is 0.786. The third-order valence-corrected chi connectivity index (χ3v) is 4.23. The van der Waals surface area contributed by atoms with Crippen LogP contribution < -0.4 is 10.6 Å². The molecule has 0 aromatic carbocycles. The number of nitrogens with one attached hydrogen (secondary N) is 2. The number of carbonyl (C=O) groups excluding carboxylic acids is 1. The molecule has 0 aliphatic heterocycles. The quantitative estimate of drug-likeness (QED) is 0.711. The summed E-state index contributed by atoms with van der Waals surface area (Å²) in [6.07, 6.45) is 7.43. The van der Waals surface area contributed by atoms with Crippen LogP contribution in [0.1, 0.15) is 26.7 Å². The second-order valence-electron chi connectivity index (χ2n) is 6.13. The monoisotopic (exact) mass is 236 g/mol. The van der Waals surface area contributed by atoms with Crippen molar-refractivity contribution in [3.05, 3.63) is 12.2 Å². The molecule has 2 N–H and O–H groups in total. The maximum atomic E-state index is 11.6. The van der Waals surface area contributed by atoms with Crippen LogP contribution in [0.2, 0.25) is 0 Å². The lowest BCUT2D eigenvalue weighted by atomic mass is 9.90. The molecule has 3 unspecified atom stereocenters. The first kappa shape index (κ1) is 12.6. The smallest absolute Gasteiger partial charge is 0.226 e. The maximum absolute atomic E-state index is 11.6. The van der Waals surface area contributed by atoms with Crippen molar-refractivity contribution in [2.45, 2.75) is 26.7 Å². The predicted octanol–water partition coefficient (Wildman–Crippen LogP) is 1.56. The van der Waals surface area contributed by atoms with Crippen molar-refractivity contribution in [2.24, 2.45) is 23.2 Å². The Morgan fingerprint density at radius 3 is 2.65 bits per heavy atom. The van der Waals surface area contributed by atoms with Crippen LogP contribution >= 0.6 is 0 Å². The Hall–Kier alpha value is -0.830. The van der Waals surface area contributed by atoms with Crippen LogP contribution in [0.15, 0.2) is 12.2 Å². The lowest BCUT2D eigenvalue weighted by molar-refractivity contribution is -0.128. The number of amides is 1. The molecule has 0 radical (unpaired) electrons. The molecule has 2 rings (SSSR count). The van der Waals surface area contributed by atoms with E-state index < -0.39 is 0 Å². The van der Waals surface area contributed by atoms with Gasteiger partial charge in [0.1, 0.15) is 0 Å². The first-order chi connectivity index (χ1) is 8.03. The maximum Gasteiger partial charge on any atom is 0.226 e. The van der Waals surface area contributed by atoms with Crippen LogP contribution in [-0.4, -0.2) is 26.0 Å². The van der Waals surface area contributed by atoms with E-state index in [0.29, 0.717) is 0 Å². The first-order valence-corrected chi connectivity index (χ1v) is 6.64. The van der Waals surface area contributed by atoms with E-state index in [2.05, 4.69) is 22.8 Å². The molecule has 0 aromatic rings. The van der Waals surface area contributed by atoms with E-state index in [1.807, 2.05) is 13.8 Å². The second-order valence-corrected chi connectivity index (χ2v) is 6.13. The lowest BCUT2D eigenvalue weighted by Gasteiger charge is -2.25. The van der Waals surface area contributed by atoms with Gasteiger partial charge in [-0.1, -0.05) is 12.2 Å². The highest BCUT2D eigenvalue weighted by Crippen LogP contribution is 2.42. The van der Waals surface area contributed by atoms with Gasteiger partial charge in [-0.2, -0.15) is 0 Å². The summed E-state index contributed by atoms with van der Waals surface area (Å²) in [5, 5.41) is 6.19. The molecule has 1 amide bonds. The molecule has 96 valence electrons. The Bertz CT molecular complexity index is 322. The summed E-state index contributed by atoms with van der Waals surface area (Å²) >= 11 is 0. The van der Waals surface area contributed by atoms with Crippen molar-refractivity contribution in [3.8, 4) is 0 Å². The van der Waals surface area contributed by atoms with Gasteiger partial charge in [-0.3, -0.25) is 4.79 Å². The zero-order chi connectivity index (χ0) is 12.5. The van der Waals surface area contributed by atoms with Crippen LogP contribution in [0.4, 0.5) is 0 Å². The SMILES string of the molecule is CNC(=O)C(C)(C)CNCC1CC2C=CC1C2. The Kier molecular flexibility index (Phi) is 3.57. The van der Waals surface area contributed by atoms with Crippen molar-refractivity contribution in [2.75, 3.05) is 20.1 Å². The number of allylic oxidation sites excluding steroid dienone is 2. The predicted molar refractivity (Wildman–Crippen MR) is 69.6 cm³/mol. The average molecular weight is 236 g/mol. The normalized spacial score (nSPS) is 30.9. The van der Waals surface area contributed by atoms with Gasteiger partial charge in [-0.05, 0) is 51.0 Å². The van der Waals surface area contributed by atoms with Crippen LogP contribution in [0.3, 0.4) is 0 Å². The van der Waals surface area contributed by atoms with Crippen molar-refractivity contribution in [1.82, 2.24) is 10.6 Å². The minimum atomic E-state index is -0.317. The van der Waals surface area contributed by atoms with Gasteiger partial charge in [-0.25, -0.2) is 0 Å². The van der Waals surface area contributed by atoms with Crippen molar-refractivity contribution < 1.29 is 4.79 Å². The molecular weight excluding hydrogens is 212 g/mol. The molecule has 0 aromatic heterocycles. The Labute approximate surface area is 104 Å². The zero-order valence-corrected chi connectivity index (χ0v) is 11.1. The van der Waals surface area contributed by atoms with Crippen LogP contribution in [0.5, 0.6) is 0 Å². The van der Waals surface area contributed by atoms with E-state index in [4.69, 9.17) is 0 Å². The molecule has 0 saturated heterocycles. The molecule has 1 saturated carbocycles. The zero-order valence-electron chi connectivity index (χ0n) is 11.1. The number of hydrogen-bond donors (Lipinski definition) is 2. The number of rotatable bonds is 5. The minimum absolute atomic E-state index is 0.109. The second kappa shape index (κ2) is 4.81. The average Bonchev–Trinajstić information content (AvgIpc) is 2.89.